The molecule has 0 radical (unpaired) electrons. The molecule has 10 heteroatoms. The predicted molar refractivity (Wildman–Crippen MR) is 139 cm³/mol. The molecular formula is C26H46O9S. The molecule has 0 spiro atoms. The molecule has 0 saturated heterocycles. The fraction of sp³-hybridized carbons (Fsp3) is 0.846. The Labute approximate surface area is 220 Å². The second kappa shape index (κ2) is 26.6. The van der Waals surface area contributed by atoms with Crippen LogP contribution in [0.1, 0.15) is 84.0 Å². The number of hydrogen-bond donors (Lipinski definition) is 0. The van der Waals surface area contributed by atoms with E-state index in [0.717, 1.165) is 25.7 Å². The number of unbranched alkanes of at least 4 members (excludes halogenated alkanes) is 3. The van der Waals surface area contributed by atoms with Gasteiger partial charge in [0.15, 0.2) is 5.12 Å². The molecule has 0 aromatic rings. The Kier molecular flexibility index (Phi) is 25.5. The van der Waals surface area contributed by atoms with Crippen molar-refractivity contribution in [1.82, 2.24) is 0 Å². The van der Waals surface area contributed by atoms with Gasteiger partial charge >= 0.3 is 11.9 Å². The van der Waals surface area contributed by atoms with Crippen LogP contribution in [0.5, 0.6) is 0 Å². The summed E-state index contributed by atoms with van der Waals surface area (Å²) in [5.41, 5.74) is 0. The van der Waals surface area contributed by atoms with Crippen molar-refractivity contribution in [1.29, 1.82) is 0 Å². The van der Waals surface area contributed by atoms with E-state index in [9.17, 15) is 19.2 Å². The number of hydrogen-bond acceptors (Lipinski definition) is 10. The Hall–Kier alpha value is -1.49. The second-order valence-electron chi connectivity index (χ2n) is 8.23. The number of thioether (sulfide) groups is 1. The molecule has 0 fully saturated rings. The van der Waals surface area contributed by atoms with Gasteiger partial charge in [-0.05, 0) is 51.9 Å². The van der Waals surface area contributed by atoms with Gasteiger partial charge in [0, 0.05) is 51.6 Å². The monoisotopic (exact) mass is 534 g/mol. The van der Waals surface area contributed by atoms with Gasteiger partial charge in [0.05, 0.1) is 39.6 Å². The number of esters is 2. The van der Waals surface area contributed by atoms with E-state index >= 15 is 0 Å². The molecular weight excluding hydrogens is 488 g/mol. The lowest BCUT2D eigenvalue weighted by Crippen LogP contribution is -2.09. The largest absolute Gasteiger partial charge is 0.466 e. The molecule has 0 saturated carbocycles. The predicted octanol–water partition coefficient (Wildman–Crippen LogP) is 4.28. The molecule has 0 aliphatic rings. The molecule has 0 atom stereocenters. The van der Waals surface area contributed by atoms with E-state index < -0.39 is 0 Å². The Morgan fingerprint density at radius 2 is 1.22 bits per heavy atom. The molecule has 9 nitrogen and oxygen atoms in total. The zero-order valence-corrected chi connectivity index (χ0v) is 23.0. The van der Waals surface area contributed by atoms with Gasteiger partial charge in [0.1, 0.15) is 5.78 Å². The summed E-state index contributed by atoms with van der Waals surface area (Å²) in [4.78, 5) is 46.8. The standard InChI is InChI=1S/C26H46O9S/c1-3-34-24(28)13-5-4-7-17-35-25(29)14-6-8-22-36-26(30)15-9-11-23(27)12-10-16-32-20-21-33-19-18-31-2/h3-22H2,1-2H3. The lowest BCUT2D eigenvalue weighted by molar-refractivity contribution is -0.145. The molecule has 0 aliphatic carbocycles. The molecule has 0 bridgehead atoms. The molecule has 0 N–H and O–H groups in total. The summed E-state index contributed by atoms with van der Waals surface area (Å²) in [5, 5.41) is 0.0880. The first-order chi connectivity index (χ1) is 17.5. The van der Waals surface area contributed by atoms with Crippen molar-refractivity contribution in [3.05, 3.63) is 0 Å². The number of Topliss-reactive ketones (excluding diaryl/α,β-unsaturated/α-hetero) is 1. The van der Waals surface area contributed by atoms with E-state index in [1.807, 2.05) is 0 Å². The van der Waals surface area contributed by atoms with Crippen LogP contribution in [-0.2, 0) is 42.9 Å². The van der Waals surface area contributed by atoms with Crippen molar-refractivity contribution in [3.8, 4) is 0 Å². The van der Waals surface area contributed by atoms with Gasteiger partial charge in [-0.15, -0.1) is 0 Å². The molecule has 0 amide bonds. The highest BCUT2D eigenvalue weighted by molar-refractivity contribution is 8.13. The molecule has 0 aromatic carbocycles. The highest BCUT2D eigenvalue weighted by Crippen LogP contribution is 2.13. The van der Waals surface area contributed by atoms with Gasteiger partial charge < -0.3 is 23.7 Å². The molecule has 0 rings (SSSR count). The Morgan fingerprint density at radius 3 is 1.94 bits per heavy atom. The van der Waals surface area contributed by atoms with Gasteiger partial charge in [0.25, 0.3) is 0 Å². The summed E-state index contributed by atoms with van der Waals surface area (Å²) in [5.74, 6) is 0.412. The number of rotatable bonds is 26. The van der Waals surface area contributed by atoms with Crippen molar-refractivity contribution in [3.63, 3.8) is 0 Å². The summed E-state index contributed by atoms with van der Waals surface area (Å²) in [6.07, 6.45) is 7.00. The van der Waals surface area contributed by atoms with Crippen LogP contribution in [0.3, 0.4) is 0 Å². The Balaban J connectivity index is 3.44. The molecule has 0 aliphatic heterocycles. The van der Waals surface area contributed by atoms with Crippen LogP contribution in [-0.4, -0.2) is 81.9 Å². The van der Waals surface area contributed by atoms with E-state index in [1.54, 1.807) is 14.0 Å². The summed E-state index contributed by atoms with van der Waals surface area (Å²) < 4.78 is 25.6. The summed E-state index contributed by atoms with van der Waals surface area (Å²) >= 11 is 1.27. The van der Waals surface area contributed by atoms with Crippen LogP contribution in [0, 0.1) is 0 Å². The van der Waals surface area contributed by atoms with Crippen molar-refractivity contribution in [2.45, 2.75) is 84.0 Å². The first-order valence-corrected chi connectivity index (χ1v) is 14.1. The third kappa shape index (κ3) is 25.6. The summed E-state index contributed by atoms with van der Waals surface area (Å²) in [6.45, 7) is 5.21. The molecule has 0 heterocycles. The van der Waals surface area contributed by atoms with E-state index in [0.29, 0.717) is 103 Å². The maximum atomic E-state index is 11.9. The molecule has 210 valence electrons. The second-order valence-corrected chi connectivity index (χ2v) is 9.38. The lowest BCUT2D eigenvalue weighted by atomic mass is 10.1. The van der Waals surface area contributed by atoms with E-state index in [4.69, 9.17) is 23.7 Å². The number of methoxy groups -OCH3 is 1. The number of carbonyl (C=O) groups is 4. The van der Waals surface area contributed by atoms with Crippen molar-refractivity contribution < 1.29 is 42.9 Å². The number of ether oxygens (including phenoxy) is 5. The van der Waals surface area contributed by atoms with E-state index in [1.165, 1.54) is 11.8 Å². The lowest BCUT2D eigenvalue weighted by Gasteiger charge is -2.06. The van der Waals surface area contributed by atoms with Crippen molar-refractivity contribution >= 4 is 34.6 Å². The minimum atomic E-state index is -0.226. The van der Waals surface area contributed by atoms with Crippen LogP contribution >= 0.6 is 11.8 Å². The van der Waals surface area contributed by atoms with Gasteiger partial charge in [-0.2, -0.15) is 0 Å². The zero-order valence-electron chi connectivity index (χ0n) is 22.2. The van der Waals surface area contributed by atoms with Gasteiger partial charge in [-0.3, -0.25) is 19.2 Å². The zero-order chi connectivity index (χ0) is 26.7. The van der Waals surface area contributed by atoms with Gasteiger partial charge in [-0.25, -0.2) is 0 Å². The minimum Gasteiger partial charge on any atom is -0.466 e. The van der Waals surface area contributed by atoms with Crippen LogP contribution in [0.15, 0.2) is 0 Å². The normalized spacial score (nSPS) is 10.8. The number of ketones is 1. The average Bonchev–Trinajstić information content (AvgIpc) is 2.85. The average molecular weight is 535 g/mol. The topological polar surface area (TPSA) is 114 Å². The van der Waals surface area contributed by atoms with Gasteiger partial charge in [0.2, 0.25) is 0 Å². The van der Waals surface area contributed by atoms with Crippen LogP contribution in [0.25, 0.3) is 0 Å². The third-order valence-corrected chi connectivity index (χ3v) is 6.04. The first-order valence-electron chi connectivity index (χ1n) is 13.1. The molecule has 36 heavy (non-hydrogen) atoms. The highest BCUT2D eigenvalue weighted by atomic mass is 32.2. The van der Waals surface area contributed by atoms with Crippen LogP contribution in [0.4, 0.5) is 0 Å². The number of carbonyl (C=O) groups excluding carboxylic acids is 4. The Bertz CT molecular complexity index is 584. The highest BCUT2D eigenvalue weighted by Gasteiger charge is 2.08. The van der Waals surface area contributed by atoms with Crippen molar-refractivity contribution in [2.75, 3.05) is 59.1 Å². The van der Waals surface area contributed by atoms with Crippen molar-refractivity contribution in [2.24, 2.45) is 0 Å². The first kappa shape index (κ1) is 34.5. The SMILES string of the molecule is CCOC(=O)CCCCCOC(=O)CCCCSC(=O)CCCC(=O)CCCOCCOCCOC. The minimum absolute atomic E-state index is 0.0880. The maximum absolute atomic E-state index is 11.9. The molecule has 0 aromatic heterocycles. The van der Waals surface area contributed by atoms with Gasteiger partial charge in [-0.1, -0.05) is 11.8 Å². The third-order valence-electron chi connectivity index (χ3n) is 5.02. The van der Waals surface area contributed by atoms with E-state index in [-0.39, 0.29) is 22.8 Å². The van der Waals surface area contributed by atoms with Crippen LogP contribution < -0.4 is 0 Å². The fourth-order valence-electron chi connectivity index (χ4n) is 3.06. The smallest absolute Gasteiger partial charge is 0.305 e. The van der Waals surface area contributed by atoms with E-state index in [2.05, 4.69) is 0 Å². The fourth-order valence-corrected chi connectivity index (χ4v) is 3.92. The Morgan fingerprint density at radius 1 is 0.583 bits per heavy atom. The quantitative estimate of drug-likeness (QED) is 0.118. The summed E-state index contributed by atoms with van der Waals surface area (Å²) in [6, 6.07) is 0. The summed E-state index contributed by atoms with van der Waals surface area (Å²) in [7, 11) is 1.62. The maximum Gasteiger partial charge on any atom is 0.305 e. The van der Waals surface area contributed by atoms with Crippen LogP contribution in [0.2, 0.25) is 0 Å². The molecule has 0 unspecified atom stereocenters.